The Balaban J connectivity index is 2.33. The Morgan fingerprint density at radius 3 is 2.50 bits per heavy atom. The molecule has 3 nitrogen and oxygen atoms in total. The quantitative estimate of drug-likeness (QED) is 0.337. The third kappa shape index (κ3) is 4.88. The molecule has 0 aliphatic carbocycles. The highest BCUT2D eigenvalue weighted by atomic mass is 16.2. The fourth-order valence-electron chi connectivity index (χ4n) is 1.94. The van der Waals surface area contributed by atoms with Gasteiger partial charge in [0.1, 0.15) is 0 Å². The van der Waals surface area contributed by atoms with Crippen LogP contribution < -0.4 is 11.3 Å². The van der Waals surface area contributed by atoms with Gasteiger partial charge in [0.2, 0.25) is 5.91 Å². The number of amides is 1. The van der Waals surface area contributed by atoms with Crippen LogP contribution in [0.3, 0.4) is 0 Å². The second-order valence-electron chi connectivity index (χ2n) is 4.83. The van der Waals surface area contributed by atoms with Crippen molar-refractivity contribution in [2.75, 3.05) is 0 Å². The van der Waals surface area contributed by atoms with E-state index in [1.54, 1.807) is 0 Å². The molecule has 1 aromatic rings. The number of nitrogens with two attached hydrogens (primary N) is 1. The van der Waals surface area contributed by atoms with Crippen molar-refractivity contribution < 1.29 is 4.79 Å². The highest BCUT2D eigenvalue weighted by molar-refractivity contribution is 5.75. The highest BCUT2D eigenvalue weighted by Gasteiger charge is 2.03. The maximum absolute atomic E-state index is 10.9. The van der Waals surface area contributed by atoms with E-state index in [1.807, 2.05) is 0 Å². The van der Waals surface area contributed by atoms with Gasteiger partial charge < -0.3 is 0 Å². The number of carbonyl (C=O) groups excluding carboxylic acids is 1. The van der Waals surface area contributed by atoms with Crippen molar-refractivity contribution in [3.63, 3.8) is 0 Å². The van der Waals surface area contributed by atoms with E-state index in [0.717, 1.165) is 19.3 Å². The molecule has 18 heavy (non-hydrogen) atoms. The van der Waals surface area contributed by atoms with E-state index in [1.165, 1.54) is 17.5 Å². The lowest BCUT2D eigenvalue weighted by atomic mass is 9.96. The number of benzene rings is 1. The van der Waals surface area contributed by atoms with Crippen LogP contribution in [0.25, 0.3) is 0 Å². The van der Waals surface area contributed by atoms with Gasteiger partial charge in [-0.2, -0.15) is 0 Å². The third-order valence-corrected chi connectivity index (χ3v) is 3.44. The van der Waals surface area contributed by atoms with E-state index >= 15 is 0 Å². The first kappa shape index (κ1) is 14.7. The monoisotopic (exact) mass is 248 g/mol. The van der Waals surface area contributed by atoms with Crippen molar-refractivity contribution in [2.45, 2.75) is 51.9 Å². The second kappa shape index (κ2) is 7.88. The number of unbranched alkanes of at least 4 members (excludes halogenated alkanes) is 1. The molecule has 0 radical (unpaired) electrons. The molecule has 1 atom stereocenters. The first-order chi connectivity index (χ1) is 8.67. The Labute approximate surface area is 110 Å². The van der Waals surface area contributed by atoms with Crippen LogP contribution in [-0.4, -0.2) is 5.91 Å². The summed E-state index contributed by atoms with van der Waals surface area (Å²) < 4.78 is 0. The summed E-state index contributed by atoms with van der Waals surface area (Å²) in [7, 11) is 0. The molecule has 0 fully saturated rings. The van der Waals surface area contributed by atoms with Crippen LogP contribution in [0.5, 0.6) is 0 Å². The molecule has 3 N–H and O–H groups in total. The number of carbonyl (C=O) groups is 1. The van der Waals surface area contributed by atoms with Crippen LogP contribution in [0.2, 0.25) is 0 Å². The molecule has 0 aliphatic rings. The fourth-order valence-corrected chi connectivity index (χ4v) is 1.94. The summed E-state index contributed by atoms with van der Waals surface area (Å²) in [5.41, 5.74) is 4.90. The summed E-state index contributed by atoms with van der Waals surface area (Å²) in [6, 6.07) is 8.83. The number of rotatable bonds is 7. The lowest BCUT2D eigenvalue weighted by molar-refractivity contribution is -0.121. The lowest BCUT2D eigenvalue weighted by Gasteiger charge is -2.09. The molecule has 0 saturated heterocycles. The van der Waals surface area contributed by atoms with Crippen LogP contribution >= 0.6 is 0 Å². The molecule has 0 bridgehead atoms. The molecular formula is C15H24N2O. The summed E-state index contributed by atoms with van der Waals surface area (Å²) in [4.78, 5) is 10.9. The standard InChI is InChI=1S/C15H24N2O/c1-3-12(2)14-10-8-13(9-11-14)6-4-5-7-15(18)17-16/h8-12H,3-7,16H2,1-2H3,(H,17,18). The maximum atomic E-state index is 10.9. The van der Waals surface area contributed by atoms with Crippen molar-refractivity contribution in [3.8, 4) is 0 Å². The minimum absolute atomic E-state index is 0.0814. The lowest BCUT2D eigenvalue weighted by Crippen LogP contribution is -2.29. The predicted molar refractivity (Wildman–Crippen MR) is 75.0 cm³/mol. The largest absolute Gasteiger partial charge is 0.294 e. The van der Waals surface area contributed by atoms with Crippen LogP contribution in [0.1, 0.15) is 56.6 Å². The summed E-state index contributed by atoms with van der Waals surface area (Å²) in [6.45, 7) is 4.46. The van der Waals surface area contributed by atoms with Gasteiger partial charge in [0.15, 0.2) is 0 Å². The van der Waals surface area contributed by atoms with Crippen molar-refractivity contribution >= 4 is 5.91 Å². The minimum Gasteiger partial charge on any atom is -0.294 e. The fraction of sp³-hybridized carbons (Fsp3) is 0.533. The van der Waals surface area contributed by atoms with Gasteiger partial charge in [-0.15, -0.1) is 0 Å². The van der Waals surface area contributed by atoms with Gasteiger partial charge in [-0.1, -0.05) is 38.1 Å². The average molecular weight is 248 g/mol. The second-order valence-corrected chi connectivity index (χ2v) is 4.83. The Morgan fingerprint density at radius 2 is 1.94 bits per heavy atom. The topological polar surface area (TPSA) is 55.1 Å². The summed E-state index contributed by atoms with van der Waals surface area (Å²) in [6.07, 6.45) is 4.62. The molecule has 100 valence electrons. The Bertz CT molecular complexity index is 359. The van der Waals surface area contributed by atoms with Gasteiger partial charge in [-0.05, 0) is 42.7 Å². The van der Waals surface area contributed by atoms with E-state index in [4.69, 9.17) is 5.84 Å². The zero-order chi connectivity index (χ0) is 13.4. The smallest absolute Gasteiger partial charge is 0.233 e. The van der Waals surface area contributed by atoms with E-state index in [0.29, 0.717) is 12.3 Å². The third-order valence-electron chi connectivity index (χ3n) is 3.44. The molecule has 0 aromatic heterocycles. The van der Waals surface area contributed by atoms with Crippen LogP contribution in [0, 0.1) is 0 Å². The molecular weight excluding hydrogens is 224 g/mol. The zero-order valence-corrected chi connectivity index (χ0v) is 11.4. The van der Waals surface area contributed by atoms with Crippen molar-refractivity contribution in [2.24, 2.45) is 5.84 Å². The van der Waals surface area contributed by atoms with E-state index in [-0.39, 0.29) is 5.91 Å². The maximum Gasteiger partial charge on any atom is 0.233 e. The van der Waals surface area contributed by atoms with Crippen molar-refractivity contribution in [3.05, 3.63) is 35.4 Å². The average Bonchev–Trinajstić information content (AvgIpc) is 2.43. The molecule has 1 amide bonds. The molecule has 3 heteroatoms. The van der Waals surface area contributed by atoms with E-state index in [2.05, 4.69) is 43.5 Å². The highest BCUT2D eigenvalue weighted by Crippen LogP contribution is 2.19. The predicted octanol–water partition coefficient (Wildman–Crippen LogP) is 2.90. The number of aryl methyl sites for hydroxylation is 1. The zero-order valence-electron chi connectivity index (χ0n) is 11.4. The summed E-state index contributed by atoms with van der Waals surface area (Å²) in [5, 5.41) is 0. The Kier molecular flexibility index (Phi) is 6.44. The normalized spacial score (nSPS) is 12.2. The molecule has 1 rings (SSSR count). The van der Waals surface area contributed by atoms with Crippen LogP contribution in [-0.2, 0) is 11.2 Å². The van der Waals surface area contributed by atoms with Crippen molar-refractivity contribution in [1.82, 2.24) is 5.43 Å². The van der Waals surface area contributed by atoms with Gasteiger partial charge in [-0.25, -0.2) is 5.84 Å². The molecule has 0 saturated carbocycles. The van der Waals surface area contributed by atoms with Crippen LogP contribution in [0.4, 0.5) is 0 Å². The first-order valence-electron chi connectivity index (χ1n) is 6.75. The molecule has 1 unspecified atom stereocenters. The minimum atomic E-state index is -0.0814. The Morgan fingerprint density at radius 1 is 1.28 bits per heavy atom. The van der Waals surface area contributed by atoms with Gasteiger partial charge in [0.05, 0.1) is 0 Å². The number of hydrogen-bond donors (Lipinski definition) is 2. The molecule has 0 aliphatic heterocycles. The number of hydrazine groups is 1. The summed E-state index contributed by atoms with van der Waals surface area (Å²) >= 11 is 0. The SMILES string of the molecule is CCC(C)c1ccc(CCCCC(=O)NN)cc1. The van der Waals surface area contributed by atoms with Crippen molar-refractivity contribution in [1.29, 1.82) is 0 Å². The number of nitrogens with one attached hydrogen (secondary N) is 1. The molecule has 1 aromatic carbocycles. The summed E-state index contributed by atoms with van der Waals surface area (Å²) in [5.74, 6) is 5.57. The Hall–Kier alpha value is -1.35. The number of hydrogen-bond acceptors (Lipinski definition) is 2. The van der Waals surface area contributed by atoms with Gasteiger partial charge in [0, 0.05) is 6.42 Å². The van der Waals surface area contributed by atoms with Gasteiger partial charge >= 0.3 is 0 Å². The first-order valence-corrected chi connectivity index (χ1v) is 6.75. The van der Waals surface area contributed by atoms with E-state index < -0.39 is 0 Å². The van der Waals surface area contributed by atoms with Crippen LogP contribution in [0.15, 0.2) is 24.3 Å². The van der Waals surface area contributed by atoms with Gasteiger partial charge in [-0.3, -0.25) is 10.2 Å². The molecule has 0 heterocycles. The van der Waals surface area contributed by atoms with Gasteiger partial charge in [0.25, 0.3) is 0 Å². The molecule has 0 spiro atoms. The van der Waals surface area contributed by atoms with E-state index in [9.17, 15) is 4.79 Å².